The minimum absolute atomic E-state index is 0.0468. The summed E-state index contributed by atoms with van der Waals surface area (Å²) in [7, 11) is 0. The van der Waals surface area contributed by atoms with Gasteiger partial charge in [-0.1, -0.05) is 24.3 Å². The van der Waals surface area contributed by atoms with E-state index < -0.39 is 18.7 Å². The first-order valence-corrected chi connectivity index (χ1v) is 7.09. The molecule has 0 aliphatic carbocycles. The maximum atomic E-state index is 12.5. The van der Waals surface area contributed by atoms with Gasteiger partial charge in [-0.05, 0) is 25.3 Å². The summed E-state index contributed by atoms with van der Waals surface area (Å²) in [6.45, 7) is 0.362. The van der Waals surface area contributed by atoms with Gasteiger partial charge >= 0.3 is 6.61 Å². The average molecular weight is 323 g/mol. The van der Waals surface area contributed by atoms with Crippen LogP contribution >= 0.6 is 0 Å². The van der Waals surface area contributed by atoms with Crippen LogP contribution in [0.2, 0.25) is 0 Å². The van der Waals surface area contributed by atoms with E-state index in [4.69, 9.17) is 4.74 Å². The molecule has 1 atom stereocenters. The Bertz CT molecular complexity index is 763. The van der Waals surface area contributed by atoms with Crippen molar-refractivity contribution in [2.24, 2.45) is 0 Å². The van der Waals surface area contributed by atoms with Gasteiger partial charge in [-0.3, -0.25) is 4.79 Å². The number of rotatable bonds is 4. The maximum absolute atomic E-state index is 12.5. The molecule has 1 heterocycles. The highest BCUT2D eigenvalue weighted by atomic mass is 19.3. The molecule has 7 heteroatoms. The molecule has 2 aromatic rings. The topological polar surface area (TPSA) is 59.0 Å². The van der Waals surface area contributed by atoms with Gasteiger partial charge in [0.1, 0.15) is 5.75 Å². The van der Waals surface area contributed by atoms with Gasteiger partial charge in [0.2, 0.25) is 0 Å². The lowest BCUT2D eigenvalue weighted by Gasteiger charge is -2.18. The Kier molecular flexibility index (Phi) is 3.91. The number of nitrogens with zero attached hydrogens (tertiary/aromatic N) is 1. The highest BCUT2D eigenvalue weighted by molar-refractivity contribution is 6.07. The standard InChI is InChI=1S/C16H15F2NO4/c1-8(2)22-13-10-6-4-3-5-9(10)7-11-12(13)15(21)19(14(11)20)23-16(17)18/h3-8,14,16,20H,1-2H3. The first-order chi connectivity index (χ1) is 10.9. The zero-order valence-electron chi connectivity index (χ0n) is 12.5. The fraction of sp³-hybridized carbons (Fsp3) is 0.312. The summed E-state index contributed by atoms with van der Waals surface area (Å²) in [5, 5.41) is 11.8. The number of carbonyl (C=O) groups is 1. The second kappa shape index (κ2) is 5.75. The number of halogens is 2. The summed E-state index contributed by atoms with van der Waals surface area (Å²) in [4.78, 5) is 16.6. The number of hydrogen-bond acceptors (Lipinski definition) is 4. The zero-order valence-corrected chi connectivity index (χ0v) is 12.5. The van der Waals surface area contributed by atoms with E-state index in [9.17, 15) is 18.7 Å². The Balaban J connectivity index is 2.21. The lowest BCUT2D eigenvalue weighted by molar-refractivity contribution is -0.296. The monoisotopic (exact) mass is 323 g/mol. The minimum atomic E-state index is -3.22. The van der Waals surface area contributed by atoms with Gasteiger partial charge in [-0.15, -0.1) is 0 Å². The average Bonchev–Trinajstić information content (AvgIpc) is 2.71. The van der Waals surface area contributed by atoms with Crippen LogP contribution in [0.5, 0.6) is 5.75 Å². The summed E-state index contributed by atoms with van der Waals surface area (Å²) in [5.74, 6) is -0.591. The van der Waals surface area contributed by atoms with E-state index in [2.05, 4.69) is 4.84 Å². The zero-order chi connectivity index (χ0) is 16.7. The second-order valence-electron chi connectivity index (χ2n) is 5.43. The first kappa shape index (κ1) is 15.6. The van der Waals surface area contributed by atoms with Crippen molar-refractivity contribution in [2.45, 2.75) is 32.8 Å². The van der Waals surface area contributed by atoms with E-state index in [1.165, 1.54) is 0 Å². The summed E-state index contributed by atoms with van der Waals surface area (Å²) in [6.07, 6.45) is -1.84. The highest BCUT2D eigenvalue weighted by Crippen LogP contribution is 2.42. The summed E-state index contributed by atoms with van der Waals surface area (Å²) < 4.78 is 30.7. The number of benzene rings is 2. The van der Waals surface area contributed by atoms with E-state index in [0.29, 0.717) is 5.39 Å². The van der Waals surface area contributed by atoms with E-state index in [1.807, 2.05) is 0 Å². The molecular weight excluding hydrogens is 308 g/mol. The third-order valence-corrected chi connectivity index (χ3v) is 3.49. The first-order valence-electron chi connectivity index (χ1n) is 7.09. The van der Waals surface area contributed by atoms with Crippen molar-refractivity contribution < 1.29 is 28.3 Å². The lowest BCUT2D eigenvalue weighted by atomic mass is 10.0. The van der Waals surface area contributed by atoms with Crippen molar-refractivity contribution in [1.82, 2.24) is 5.06 Å². The minimum Gasteiger partial charge on any atom is -0.490 e. The SMILES string of the molecule is CC(C)Oc1c2c(cc3ccccc13)C(O)N(OC(F)F)C2=O. The van der Waals surface area contributed by atoms with Crippen LogP contribution in [-0.2, 0) is 4.84 Å². The number of aliphatic hydroxyl groups is 1. The molecule has 0 bridgehead atoms. The Morgan fingerprint density at radius 3 is 2.61 bits per heavy atom. The van der Waals surface area contributed by atoms with Crippen molar-refractivity contribution in [1.29, 1.82) is 0 Å². The van der Waals surface area contributed by atoms with E-state index in [-0.39, 0.29) is 28.0 Å². The largest absolute Gasteiger partial charge is 0.490 e. The molecule has 0 fully saturated rings. The van der Waals surface area contributed by atoms with Crippen LogP contribution in [0.3, 0.4) is 0 Å². The molecule has 5 nitrogen and oxygen atoms in total. The third kappa shape index (κ3) is 2.62. The lowest BCUT2D eigenvalue weighted by Crippen LogP contribution is -2.30. The van der Waals surface area contributed by atoms with Crippen molar-refractivity contribution in [3.63, 3.8) is 0 Å². The molecule has 1 aliphatic rings. The molecule has 0 saturated heterocycles. The highest BCUT2D eigenvalue weighted by Gasteiger charge is 2.41. The summed E-state index contributed by atoms with van der Waals surface area (Å²) >= 11 is 0. The predicted octanol–water partition coefficient (Wildman–Crippen LogP) is 3.23. The third-order valence-electron chi connectivity index (χ3n) is 3.49. The maximum Gasteiger partial charge on any atom is 0.365 e. The molecule has 1 N–H and O–H groups in total. The van der Waals surface area contributed by atoms with Crippen molar-refractivity contribution in [2.75, 3.05) is 0 Å². The fourth-order valence-corrected chi connectivity index (χ4v) is 2.66. The van der Waals surface area contributed by atoms with Gasteiger partial charge < -0.3 is 9.84 Å². The van der Waals surface area contributed by atoms with Gasteiger partial charge in [-0.2, -0.15) is 18.7 Å². The number of amides is 1. The van der Waals surface area contributed by atoms with Crippen LogP contribution in [0.15, 0.2) is 30.3 Å². The van der Waals surface area contributed by atoms with Crippen LogP contribution in [0, 0.1) is 0 Å². The van der Waals surface area contributed by atoms with Crippen LogP contribution in [-0.4, -0.2) is 28.8 Å². The van der Waals surface area contributed by atoms with Gasteiger partial charge in [0.15, 0.2) is 6.23 Å². The van der Waals surface area contributed by atoms with Crippen LogP contribution in [0.1, 0.15) is 36.0 Å². The number of carbonyl (C=O) groups excluding carboxylic acids is 1. The van der Waals surface area contributed by atoms with Gasteiger partial charge in [-0.25, -0.2) is 0 Å². The van der Waals surface area contributed by atoms with Gasteiger partial charge in [0.05, 0.1) is 11.7 Å². The van der Waals surface area contributed by atoms with Gasteiger partial charge in [0.25, 0.3) is 5.91 Å². The molecule has 0 spiro atoms. The number of ether oxygens (including phenoxy) is 1. The Labute approximate surface area is 131 Å². The van der Waals surface area contributed by atoms with Crippen LogP contribution in [0.25, 0.3) is 10.8 Å². The Morgan fingerprint density at radius 1 is 1.26 bits per heavy atom. The molecule has 2 aromatic carbocycles. The van der Waals surface area contributed by atoms with Crippen LogP contribution in [0.4, 0.5) is 8.78 Å². The molecule has 3 rings (SSSR count). The van der Waals surface area contributed by atoms with Crippen molar-refractivity contribution in [3.8, 4) is 5.75 Å². The molecule has 1 aliphatic heterocycles. The number of hydrogen-bond donors (Lipinski definition) is 1. The number of aliphatic hydroxyl groups excluding tert-OH is 1. The van der Waals surface area contributed by atoms with Crippen molar-refractivity contribution in [3.05, 3.63) is 41.5 Å². The molecule has 1 unspecified atom stereocenters. The van der Waals surface area contributed by atoms with E-state index >= 15 is 0 Å². The molecule has 1 amide bonds. The normalized spacial score (nSPS) is 17.4. The number of alkyl halides is 2. The van der Waals surface area contributed by atoms with E-state index in [1.54, 1.807) is 44.2 Å². The predicted molar refractivity (Wildman–Crippen MR) is 77.9 cm³/mol. The summed E-state index contributed by atoms with van der Waals surface area (Å²) in [5.41, 5.74) is 0.232. The number of hydroxylamine groups is 2. The second-order valence-corrected chi connectivity index (χ2v) is 5.43. The van der Waals surface area contributed by atoms with Crippen LogP contribution < -0.4 is 4.74 Å². The molecule has 122 valence electrons. The quantitative estimate of drug-likeness (QED) is 0.938. The van der Waals surface area contributed by atoms with E-state index in [0.717, 1.165) is 5.39 Å². The Morgan fingerprint density at radius 2 is 1.96 bits per heavy atom. The summed E-state index contributed by atoms with van der Waals surface area (Å²) in [6, 6.07) is 8.71. The van der Waals surface area contributed by atoms with Crippen molar-refractivity contribution >= 4 is 16.7 Å². The molecular formula is C16H15F2NO4. The molecule has 0 radical (unpaired) electrons. The molecule has 0 aromatic heterocycles. The van der Waals surface area contributed by atoms with Gasteiger partial charge in [0, 0.05) is 10.9 Å². The molecule has 0 saturated carbocycles. The molecule has 23 heavy (non-hydrogen) atoms. The smallest absolute Gasteiger partial charge is 0.365 e. The fourth-order valence-electron chi connectivity index (χ4n) is 2.66. The number of fused-ring (bicyclic) bond motifs is 2. The Hall–Kier alpha value is -2.25.